The Labute approximate surface area is 456 Å². The van der Waals surface area contributed by atoms with E-state index in [-0.39, 0.29) is 18.5 Å². The Kier molecular flexibility index (Phi) is 61.4. The van der Waals surface area contributed by atoms with Crippen molar-refractivity contribution >= 4 is 11.9 Å². The summed E-state index contributed by atoms with van der Waals surface area (Å²) in [6.07, 6.45) is 78.1. The molecule has 73 heavy (non-hydrogen) atoms. The highest BCUT2D eigenvalue weighted by Gasteiger charge is 2.18. The van der Waals surface area contributed by atoms with E-state index >= 15 is 0 Å². The second-order valence-corrected chi connectivity index (χ2v) is 22.8. The molecule has 0 fully saturated rings. The van der Waals surface area contributed by atoms with Gasteiger partial charge in [0.2, 0.25) is 5.91 Å². The summed E-state index contributed by atoms with van der Waals surface area (Å²) in [4.78, 5) is 24.5. The first-order valence-electron chi connectivity index (χ1n) is 33.1. The number of aliphatic hydroxyl groups is 2. The van der Waals surface area contributed by atoms with Crippen molar-refractivity contribution in [3.05, 3.63) is 24.3 Å². The molecule has 0 aromatic rings. The second-order valence-electron chi connectivity index (χ2n) is 22.8. The van der Waals surface area contributed by atoms with Gasteiger partial charge in [0.15, 0.2) is 0 Å². The van der Waals surface area contributed by atoms with Crippen molar-refractivity contribution in [1.82, 2.24) is 5.32 Å². The first-order valence-corrected chi connectivity index (χ1v) is 33.1. The minimum absolute atomic E-state index is 0.0178. The lowest BCUT2D eigenvalue weighted by Gasteiger charge is -2.20. The van der Waals surface area contributed by atoms with Crippen molar-refractivity contribution in [2.75, 3.05) is 13.2 Å². The number of esters is 1. The molecular formula is C67H129NO5. The van der Waals surface area contributed by atoms with Crippen LogP contribution in [0.25, 0.3) is 0 Å². The maximum Gasteiger partial charge on any atom is 0.305 e. The molecule has 0 heterocycles. The van der Waals surface area contributed by atoms with Crippen molar-refractivity contribution in [2.45, 2.75) is 379 Å². The maximum atomic E-state index is 12.5. The number of nitrogens with one attached hydrogen (secondary N) is 1. The quantitative estimate of drug-likeness (QED) is 0.0320. The van der Waals surface area contributed by atoms with Gasteiger partial charge in [-0.3, -0.25) is 9.59 Å². The number of allylic oxidation sites excluding steroid dienone is 3. The maximum absolute atomic E-state index is 12.5. The molecule has 2 unspecified atom stereocenters. The van der Waals surface area contributed by atoms with Crippen LogP contribution in [0, 0.1) is 0 Å². The zero-order valence-corrected chi connectivity index (χ0v) is 49.4. The Hall–Kier alpha value is -1.66. The smallest absolute Gasteiger partial charge is 0.305 e. The first kappa shape index (κ1) is 71.3. The van der Waals surface area contributed by atoms with E-state index in [2.05, 4.69) is 31.3 Å². The van der Waals surface area contributed by atoms with Gasteiger partial charge in [0.1, 0.15) is 0 Å². The highest BCUT2D eigenvalue weighted by molar-refractivity contribution is 5.76. The van der Waals surface area contributed by atoms with Gasteiger partial charge in [-0.15, -0.1) is 0 Å². The number of carbonyl (C=O) groups excluding carboxylic acids is 2. The molecule has 0 rings (SSSR count). The zero-order valence-electron chi connectivity index (χ0n) is 49.4. The number of rotatable bonds is 62. The standard InChI is InChI=1S/C67H129NO5/c1-3-5-7-9-11-13-15-17-19-33-37-41-45-49-53-57-61-67(72)73-62-58-54-50-46-42-38-34-31-29-27-25-23-21-20-22-24-26-28-30-32-36-40-44-48-52-56-60-66(71)68-64(63-69)65(70)59-55-51-47-43-39-35-18-16-14-12-10-8-6-4-2/h20,22,55,59,64-65,69-70H,3-19,21,23-54,56-58,60-63H2,1-2H3,(H,68,71)/b22-20-,59-55+. The summed E-state index contributed by atoms with van der Waals surface area (Å²) < 4.78 is 5.50. The second kappa shape index (κ2) is 62.9. The van der Waals surface area contributed by atoms with Gasteiger partial charge < -0.3 is 20.3 Å². The molecule has 6 heteroatoms. The van der Waals surface area contributed by atoms with Crippen molar-refractivity contribution in [3.63, 3.8) is 0 Å². The Bertz CT molecular complexity index is 1140. The molecule has 6 nitrogen and oxygen atoms in total. The predicted octanol–water partition coefficient (Wildman–Crippen LogP) is 21.0. The zero-order chi connectivity index (χ0) is 52.9. The lowest BCUT2D eigenvalue weighted by Crippen LogP contribution is -2.45. The fourth-order valence-corrected chi connectivity index (χ4v) is 10.4. The highest BCUT2D eigenvalue weighted by atomic mass is 16.5. The molecule has 432 valence electrons. The van der Waals surface area contributed by atoms with Crippen LogP contribution in [0.1, 0.15) is 367 Å². The molecule has 3 N–H and O–H groups in total. The number of amides is 1. The lowest BCUT2D eigenvalue weighted by molar-refractivity contribution is -0.143. The van der Waals surface area contributed by atoms with E-state index in [0.717, 1.165) is 38.5 Å². The summed E-state index contributed by atoms with van der Waals surface area (Å²) in [7, 11) is 0. The lowest BCUT2D eigenvalue weighted by atomic mass is 10.0. The predicted molar refractivity (Wildman–Crippen MR) is 320 cm³/mol. The van der Waals surface area contributed by atoms with E-state index in [1.165, 1.54) is 302 Å². The SMILES string of the molecule is CCCCCCCCCCCCCC/C=C/C(O)C(CO)NC(=O)CCCCCCCCCCCC/C=C\CCCCCCCCCCCCCCOC(=O)CCCCCCCCCCCCCCCCCC. The number of unbranched alkanes of at least 4 members (excludes halogenated alkanes) is 49. The van der Waals surface area contributed by atoms with Gasteiger partial charge in [0, 0.05) is 12.8 Å². The number of hydrogen-bond donors (Lipinski definition) is 3. The molecule has 0 spiro atoms. The van der Waals surface area contributed by atoms with Crippen LogP contribution >= 0.6 is 0 Å². The van der Waals surface area contributed by atoms with Gasteiger partial charge in [0.05, 0.1) is 25.4 Å². The van der Waals surface area contributed by atoms with Crippen molar-refractivity contribution in [3.8, 4) is 0 Å². The first-order chi connectivity index (χ1) is 36.0. The highest BCUT2D eigenvalue weighted by Crippen LogP contribution is 2.18. The van der Waals surface area contributed by atoms with Gasteiger partial charge in [-0.05, 0) is 57.8 Å². The van der Waals surface area contributed by atoms with Gasteiger partial charge in [0.25, 0.3) is 0 Å². The van der Waals surface area contributed by atoms with Crippen LogP contribution in [-0.2, 0) is 14.3 Å². The van der Waals surface area contributed by atoms with Crippen LogP contribution in [0.2, 0.25) is 0 Å². The summed E-state index contributed by atoms with van der Waals surface area (Å²) in [5.74, 6) is -0.0504. The molecule has 0 bridgehead atoms. The van der Waals surface area contributed by atoms with Crippen LogP contribution in [0.15, 0.2) is 24.3 Å². The number of aliphatic hydroxyl groups excluding tert-OH is 2. The Balaban J connectivity index is 3.38. The number of carbonyl (C=O) groups is 2. The summed E-state index contributed by atoms with van der Waals surface area (Å²) in [5.41, 5.74) is 0. The molecule has 2 atom stereocenters. The minimum atomic E-state index is -0.845. The van der Waals surface area contributed by atoms with Gasteiger partial charge in [-0.2, -0.15) is 0 Å². The third-order valence-electron chi connectivity index (χ3n) is 15.5. The third-order valence-corrected chi connectivity index (χ3v) is 15.5. The van der Waals surface area contributed by atoms with Gasteiger partial charge in [-0.25, -0.2) is 0 Å². The fourth-order valence-electron chi connectivity index (χ4n) is 10.4. The molecule has 0 aromatic heterocycles. The summed E-state index contributed by atoms with van der Waals surface area (Å²) in [6, 6.07) is -0.628. The molecule has 1 amide bonds. The average molecular weight is 1030 g/mol. The van der Waals surface area contributed by atoms with Gasteiger partial charge in [-0.1, -0.05) is 321 Å². The molecule has 0 saturated heterocycles. The molecule has 0 aromatic carbocycles. The van der Waals surface area contributed by atoms with Crippen LogP contribution in [0.5, 0.6) is 0 Å². The largest absolute Gasteiger partial charge is 0.466 e. The summed E-state index contributed by atoms with van der Waals surface area (Å²) in [5, 5.41) is 23.1. The van der Waals surface area contributed by atoms with Crippen LogP contribution in [-0.4, -0.2) is 47.4 Å². The van der Waals surface area contributed by atoms with Crippen LogP contribution in [0.3, 0.4) is 0 Å². The minimum Gasteiger partial charge on any atom is -0.466 e. The van der Waals surface area contributed by atoms with E-state index in [0.29, 0.717) is 19.4 Å². The summed E-state index contributed by atoms with van der Waals surface area (Å²) >= 11 is 0. The molecule has 0 aliphatic rings. The topological polar surface area (TPSA) is 95.9 Å². The van der Waals surface area contributed by atoms with Crippen molar-refractivity contribution in [1.29, 1.82) is 0 Å². The molecule has 0 aliphatic heterocycles. The Morgan fingerprint density at radius 1 is 0.370 bits per heavy atom. The Morgan fingerprint density at radius 3 is 0.973 bits per heavy atom. The summed E-state index contributed by atoms with van der Waals surface area (Å²) in [6.45, 7) is 4.93. The van der Waals surface area contributed by atoms with Crippen molar-refractivity contribution < 1.29 is 24.5 Å². The average Bonchev–Trinajstić information content (AvgIpc) is 3.39. The Morgan fingerprint density at radius 2 is 0.644 bits per heavy atom. The van der Waals surface area contributed by atoms with E-state index in [1.807, 2.05) is 6.08 Å². The van der Waals surface area contributed by atoms with E-state index in [9.17, 15) is 19.8 Å². The van der Waals surface area contributed by atoms with E-state index in [1.54, 1.807) is 6.08 Å². The fraction of sp³-hybridized carbons (Fsp3) is 0.910. The normalized spacial score (nSPS) is 12.7. The monoisotopic (exact) mass is 1030 g/mol. The number of hydrogen-bond acceptors (Lipinski definition) is 5. The third kappa shape index (κ3) is 59.4. The van der Waals surface area contributed by atoms with Crippen LogP contribution < -0.4 is 5.32 Å². The van der Waals surface area contributed by atoms with Gasteiger partial charge >= 0.3 is 5.97 Å². The molecule has 0 saturated carbocycles. The van der Waals surface area contributed by atoms with Crippen molar-refractivity contribution in [2.24, 2.45) is 0 Å². The van der Waals surface area contributed by atoms with E-state index in [4.69, 9.17) is 4.74 Å². The van der Waals surface area contributed by atoms with E-state index < -0.39 is 12.1 Å². The molecule has 0 radical (unpaired) electrons. The molecule has 0 aliphatic carbocycles. The van der Waals surface area contributed by atoms with Crippen LogP contribution in [0.4, 0.5) is 0 Å². The number of ether oxygens (including phenoxy) is 1. The molecular weight excluding hydrogens is 899 g/mol.